The van der Waals surface area contributed by atoms with E-state index in [4.69, 9.17) is 0 Å². The molecule has 2 aromatic rings. The van der Waals surface area contributed by atoms with Crippen molar-refractivity contribution < 1.29 is 0 Å². The Bertz CT molecular complexity index is 533. The number of aromatic nitrogens is 3. The minimum absolute atomic E-state index is 0.929. The maximum absolute atomic E-state index is 4.67. The Labute approximate surface area is 101 Å². The number of nitrogens with one attached hydrogen (secondary N) is 1. The van der Waals surface area contributed by atoms with Gasteiger partial charge in [0.25, 0.3) is 0 Å². The SMILES string of the molecule is Cc1nccc(-n2cc3c(n2)CCNC3)c1C. The summed E-state index contributed by atoms with van der Waals surface area (Å²) >= 11 is 0. The van der Waals surface area contributed by atoms with Gasteiger partial charge in [-0.05, 0) is 25.5 Å². The highest BCUT2D eigenvalue weighted by atomic mass is 15.3. The van der Waals surface area contributed by atoms with Crippen LogP contribution in [0.5, 0.6) is 0 Å². The van der Waals surface area contributed by atoms with Gasteiger partial charge in [-0.2, -0.15) is 5.10 Å². The minimum Gasteiger partial charge on any atom is -0.312 e. The van der Waals surface area contributed by atoms with Gasteiger partial charge >= 0.3 is 0 Å². The van der Waals surface area contributed by atoms with Crippen LogP contribution in [0.15, 0.2) is 18.5 Å². The van der Waals surface area contributed by atoms with E-state index in [0.29, 0.717) is 0 Å². The molecule has 0 amide bonds. The third-order valence-corrected chi connectivity index (χ3v) is 3.41. The van der Waals surface area contributed by atoms with Gasteiger partial charge in [0, 0.05) is 43.2 Å². The van der Waals surface area contributed by atoms with Crippen LogP contribution in [0.4, 0.5) is 0 Å². The lowest BCUT2D eigenvalue weighted by Crippen LogP contribution is -2.22. The molecule has 0 bridgehead atoms. The van der Waals surface area contributed by atoms with Crippen molar-refractivity contribution in [2.45, 2.75) is 26.8 Å². The summed E-state index contributed by atoms with van der Waals surface area (Å²) in [5, 5.41) is 8.04. The standard InChI is InChI=1S/C13H16N4/c1-9-10(2)15-6-4-13(9)17-8-11-7-14-5-3-12(11)16-17/h4,6,8,14H,3,5,7H2,1-2H3. The molecule has 0 aromatic carbocycles. The first-order chi connectivity index (χ1) is 8.25. The van der Waals surface area contributed by atoms with Gasteiger partial charge in [0.2, 0.25) is 0 Å². The fourth-order valence-corrected chi connectivity index (χ4v) is 2.23. The van der Waals surface area contributed by atoms with Gasteiger partial charge in [0.05, 0.1) is 11.4 Å². The molecule has 0 saturated carbocycles. The van der Waals surface area contributed by atoms with Crippen LogP contribution >= 0.6 is 0 Å². The van der Waals surface area contributed by atoms with Crippen LogP contribution in [0.25, 0.3) is 5.69 Å². The molecule has 4 nitrogen and oxygen atoms in total. The third kappa shape index (κ3) is 1.74. The molecule has 0 atom stereocenters. The Balaban J connectivity index is 2.09. The molecule has 88 valence electrons. The lowest BCUT2D eigenvalue weighted by Gasteiger charge is -2.09. The van der Waals surface area contributed by atoms with Gasteiger partial charge in [-0.15, -0.1) is 0 Å². The zero-order valence-corrected chi connectivity index (χ0v) is 10.2. The van der Waals surface area contributed by atoms with Crippen LogP contribution in [0.2, 0.25) is 0 Å². The number of fused-ring (bicyclic) bond motifs is 1. The van der Waals surface area contributed by atoms with E-state index in [0.717, 1.165) is 30.9 Å². The van der Waals surface area contributed by atoms with E-state index in [1.54, 1.807) is 0 Å². The topological polar surface area (TPSA) is 42.7 Å². The summed E-state index contributed by atoms with van der Waals surface area (Å²) in [6.45, 7) is 6.08. The van der Waals surface area contributed by atoms with Crippen LogP contribution < -0.4 is 5.32 Å². The van der Waals surface area contributed by atoms with Gasteiger partial charge in [0.15, 0.2) is 0 Å². The number of nitrogens with zero attached hydrogens (tertiary/aromatic N) is 3. The van der Waals surface area contributed by atoms with Crippen LogP contribution in [-0.2, 0) is 13.0 Å². The molecule has 17 heavy (non-hydrogen) atoms. The number of rotatable bonds is 1. The molecule has 0 spiro atoms. The molecular weight excluding hydrogens is 212 g/mol. The summed E-state index contributed by atoms with van der Waals surface area (Å²) in [6.07, 6.45) is 4.99. The van der Waals surface area contributed by atoms with Crippen LogP contribution in [0.3, 0.4) is 0 Å². The number of hydrogen-bond donors (Lipinski definition) is 1. The van der Waals surface area contributed by atoms with Crippen molar-refractivity contribution in [3.8, 4) is 5.69 Å². The van der Waals surface area contributed by atoms with Crippen molar-refractivity contribution in [1.82, 2.24) is 20.1 Å². The molecule has 0 radical (unpaired) electrons. The molecule has 2 aromatic heterocycles. The fourth-order valence-electron chi connectivity index (χ4n) is 2.23. The summed E-state index contributed by atoms with van der Waals surface area (Å²) in [5.74, 6) is 0. The van der Waals surface area contributed by atoms with Crippen LogP contribution in [-0.4, -0.2) is 21.3 Å². The first-order valence-corrected chi connectivity index (χ1v) is 5.96. The molecule has 0 aliphatic carbocycles. The lowest BCUT2D eigenvalue weighted by atomic mass is 10.1. The van der Waals surface area contributed by atoms with Gasteiger partial charge < -0.3 is 5.32 Å². The van der Waals surface area contributed by atoms with Crippen molar-refractivity contribution in [1.29, 1.82) is 0 Å². The van der Waals surface area contributed by atoms with Crippen molar-refractivity contribution in [3.05, 3.63) is 41.0 Å². The molecule has 3 heterocycles. The largest absolute Gasteiger partial charge is 0.312 e. The lowest BCUT2D eigenvalue weighted by molar-refractivity contribution is 0.635. The molecule has 1 N–H and O–H groups in total. The van der Waals surface area contributed by atoms with Crippen LogP contribution in [0, 0.1) is 13.8 Å². The second-order valence-electron chi connectivity index (χ2n) is 4.51. The number of aryl methyl sites for hydroxylation is 1. The molecular formula is C13H16N4. The second-order valence-corrected chi connectivity index (χ2v) is 4.51. The average Bonchev–Trinajstić information content (AvgIpc) is 2.76. The Hall–Kier alpha value is -1.68. The minimum atomic E-state index is 0.929. The predicted molar refractivity (Wildman–Crippen MR) is 66.2 cm³/mol. The third-order valence-electron chi connectivity index (χ3n) is 3.41. The Kier molecular flexibility index (Phi) is 2.44. The maximum atomic E-state index is 4.67. The summed E-state index contributed by atoms with van der Waals surface area (Å²) in [7, 11) is 0. The fraction of sp³-hybridized carbons (Fsp3) is 0.385. The maximum Gasteiger partial charge on any atom is 0.0708 e. The molecule has 1 aliphatic heterocycles. The molecule has 0 fully saturated rings. The summed E-state index contributed by atoms with van der Waals surface area (Å²) in [4.78, 5) is 4.29. The first-order valence-electron chi connectivity index (χ1n) is 5.96. The summed E-state index contributed by atoms with van der Waals surface area (Å²) in [6, 6.07) is 2.02. The molecule has 4 heteroatoms. The van der Waals surface area contributed by atoms with Gasteiger partial charge in [-0.3, -0.25) is 4.98 Å². The number of pyridine rings is 1. The van der Waals surface area contributed by atoms with Gasteiger partial charge in [-0.25, -0.2) is 4.68 Å². The molecule has 0 unspecified atom stereocenters. The van der Waals surface area contributed by atoms with E-state index in [-0.39, 0.29) is 0 Å². The Morgan fingerprint density at radius 1 is 1.35 bits per heavy atom. The summed E-state index contributed by atoms with van der Waals surface area (Å²) in [5.41, 5.74) is 5.92. The van der Waals surface area contributed by atoms with Crippen molar-refractivity contribution in [2.24, 2.45) is 0 Å². The van der Waals surface area contributed by atoms with E-state index >= 15 is 0 Å². The Morgan fingerprint density at radius 3 is 3.06 bits per heavy atom. The van der Waals surface area contributed by atoms with Gasteiger partial charge in [0.1, 0.15) is 0 Å². The highest BCUT2D eigenvalue weighted by Crippen LogP contribution is 2.18. The van der Waals surface area contributed by atoms with E-state index in [2.05, 4.69) is 28.5 Å². The summed E-state index contributed by atoms with van der Waals surface area (Å²) < 4.78 is 1.99. The predicted octanol–water partition coefficient (Wildman–Crippen LogP) is 1.53. The van der Waals surface area contributed by atoms with Gasteiger partial charge in [-0.1, -0.05) is 0 Å². The van der Waals surface area contributed by atoms with Crippen molar-refractivity contribution >= 4 is 0 Å². The quantitative estimate of drug-likeness (QED) is 0.805. The van der Waals surface area contributed by atoms with E-state index in [1.165, 1.54) is 16.8 Å². The average molecular weight is 228 g/mol. The molecule has 3 rings (SSSR count). The molecule has 0 saturated heterocycles. The first kappa shape index (κ1) is 10.5. The van der Waals surface area contributed by atoms with Crippen molar-refractivity contribution in [2.75, 3.05) is 6.54 Å². The van der Waals surface area contributed by atoms with Crippen LogP contribution in [0.1, 0.15) is 22.5 Å². The van der Waals surface area contributed by atoms with E-state index in [9.17, 15) is 0 Å². The number of hydrogen-bond acceptors (Lipinski definition) is 3. The zero-order valence-electron chi connectivity index (χ0n) is 10.2. The molecule has 1 aliphatic rings. The highest BCUT2D eigenvalue weighted by Gasteiger charge is 2.14. The second kappa shape index (κ2) is 3.96. The van der Waals surface area contributed by atoms with E-state index in [1.807, 2.05) is 23.9 Å². The van der Waals surface area contributed by atoms with E-state index < -0.39 is 0 Å². The Morgan fingerprint density at radius 2 is 2.24 bits per heavy atom. The van der Waals surface area contributed by atoms with Crippen molar-refractivity contribution in [3.63, 3.8) is 0 Å². The smallest absolute Gasteiger partial charge is 0.0708 e. The normalized spacial score (nSPS) is 14.7. The monoisotopic (exact) mass is 228 g/mol. The highest BCUT2D eigenvalue weighted by molar-refractivity contribution is 5.41. The zero-order chi connectivity index (χ0) is 11.8.